The van der Waals surface area contributed by atoms with Crippen LogP contribution in [0.25, 0.3) is 32.7 Å². The number of aromatic nitrogens is 1. The standard InChI is InChI=1S/C21H20BClNO3/c1-20(2,25)21(3,4)27-22-16-9-14(23)10-18-19(16)15-7-13-11-24-6-5-12(13)8-17(15)26-18/h5-11,25H,1-4H3. The predicted molar refractivity (Wildman–Crippen MR) is 111 cm³/mol. The Morgan fingerprint density at radius 2 is 1.85 bits per heavy atom. The Bertz CT molecular complexity index is 1160. The number of fused-ring (bicyclic) bond motifs is 4. The van der Waals surface area contributed by atoms with Crippen LogP contribution in [0.5, 0.6) is 0 Å². The molecule has 0 unspecified atom stereocenters. The molecule has 2 aromatic heterocycles. The van der Waals surface area contributed by atoms with Crippen molar-refractivity contribution in [1.29, 1.82) is 0 Å². The van der Waals surface area contributed by atoms with Gasteiger partial charge in [0, 0.05) is 39.6 Å². The van der Waals surface area contributed by atoms with Crippen molar-refractivity contribution in [3.8, 4) is 0 Å². The molecule has 4 rings (SSSR count). The van der Waals surface area contributed by atoms with Gasteiger partial charge in [0.25, 0.3) is 0 Å². The second-order valence-corrected chi connectivity index (χ2v) is 8.28. The molecule has 0 atom stereocenters. The molecule has 27 heavy (non-hydrogen) atoms. The number of hydrogen-bond donors (Lipinski definition) is 1. The van der Waals surface area contributed by atoms with Crippen LogP contribution < -0.4 is 5.46 Å². The first-order valence-electron chi connectivity index (χ1n) is 8.79. The van der Waals surface area contributed by atoms with Gasteiger partial charge >= 0.3 is 7.48 Å². The lowest BCUT2D eigenvalue weighted by molar-refractivity contribution is -0.0893. The van der Waals surface area contributed by atoms with Crippen molar-refractivity contribution < 1.29 is 14.2 Å². The maximum Gasteiger partial charge on any atom is 0.331 e. The van der Waals surface area contributed by atoms with E-state index in [4.69, 9.17) is 20.7 Å². The Morgan fingerprint density at radius 3 is 2.59 bits per heavy atom. The number of furan rings is 1. The summed E-state index contributed by atoms with van der Waals surface area (Å²) in [5, 5.41) is 14.9. The Hall–Kier alpha value is -2.08. The Balaban J connectivity index is 1.88. The summed E-state index contributed by atoms with van der Waals surface area (Å²) >= 11 is 6.30. The van der Waals surface area contributed by atoms with E-state index in [1.165, 1.54) is 0 Å². The van der Waals surface area contributed by atoms with Crippen LogP contribution in [0, 0.1) is 0 Å². The molecule has 1 N–H and O–H groups in total. The Morgan fingerprint density at radius 1 is 1.07 bits per heavy atom. The summed E-state index contributed by atoms with van der Waals surface area (Å²) in [7, 11) is 1.65. The van der Waals surface area contributed by atoms with Crippen molar-refractivity contribution in [3.63, 3.8) is 0 Å². The summed E-state index contributed by atoms with van der Waals surface area (Å²) in [5.41, 5.74) is 0.482. The van der Waals surface area contributed by atoms with Gasteiger partial charge in [-0.3, -0.25) is 4.98 Å². The second kappa shape index (κ2) is 6.23. The van der Waals surface area contributed by atoms with Crippen LogP contribution in [0.3, 0.4) is 0 Å². The molecule has 6 heteroatoms. The first-order valence-corrected chi connectivity index (χ1v) is 9.16. The molecule has 4 nitrogen and oxygen atoms in total. The zero-order valence-electron chi connectivity index (χ0n) is 15.7. The average Bonchev–Trinajstić information content (AvgIpc) is 2.93. The molecular weight excluding hydrogens is 361 g/mol. The van der Waals surface area contributed by atoms with E-state index in [9.17, 15) is 5.11 Å². The molecule has 0 saturated heterocycles. The highest BCUT2D eigenvalue weighted by Gasteiger charge is 2.36. The molecule has 0 aliphatic carbocycles. The minimum atomic E-state index is -1.01. The highest BCUT2D eigenvalue weighted by atomic mass is 35.5. The molecule has 137 valence electrons. The topological polar surface area (TPSA) is 55.5 Å². The minimum absolute atomic E-state index is 0.559. The van der Waals surface area contributed by atoms with Gasteiger partial charge in [0.1, 0.15) is 11.2 Å². The van der Waals surface area contributed by atoms with Gasteiger partial charge in [0.15, 0.2) is 0 Å². The molecule has 2 aromatic carbocycles. The molecule has 1 radical (unpaired) electrons. The van der Waals surface area contributed by atoms with Crippen molar-refractivity contribution in [1.82, 2.24) is 4.98 Å². The zero-order chi connectivity index (χ0) is 19.4. The van der Waals surface area contributed by atoms with E-state index in [0.29, 0.717) is 10.6 Å². The lowest BCUT2D eigenvalue weighted by atomic mass is 9.80. The number of rotatable bonds is 4. The first kappa shape index (κ1) is 18.3. The molecule has 0 fully saturated rings. The number of halogens is 1. The minimum Gasteiger partial charge on any atom is -0.456 e. The maximum atomic E-state index is 10.3. The van der Waals surface area contributed by atoms with Crippen LogP contribution in [0.2, 0.25) is 5.02 Å². The van der Waals surface area contributed by atoms with Crippen molar-refractivity contribution in [3.05, 3.63) is 47.7 Å². The van der Waals surface area contributed by atoms with Crippen LogP contribution >= 0.6 is 11.6 Å². The molecule has 0 saturated carbocycles. The SMILES string of the molecule is CC(C)(O)C(C)(C)O[B]c1cc(Cl)cc2oc3cc4ccncc4cc3c12. The predicted octanol–water partition coefficient (Wildman–Crippen LogP) is 4.60. The first-order chi connectivity index (χ1) is 12.7. The van der Waals surface area contributed by atoms with E-state index in [1.807, 2.05) is 38.2 Å². The molecule has 0 amide bonds. The summed E-state index contributed by atoms with van der Waals surface area (Å²) in [6.07, 6.45) is 3.60. The molecule has 2 heterocycles. The lowest BCUT2D eigenvalue weighted by Gasteiger charge is -2.37. The monoisotopic (exact) mass is 380 g/mol. The van der Waals surface area contributed by atoms with Crippen LogP contribution in [-0.2, 0) is 4.65 Å². The third kappa shape index (κ3) is 3.20. The van der Waals surface area contributed by atoms with Gasteiger partial charge < -0.3 is 14.2 Å². The van der Waals surface area contributed by atoms with E-state index in [1.54, 1.807) is 33.6 Å². The molecule has 0 bridgehead atoms. The third-order valence-electron chi connectivity index (χ3n) is 5.28. The fourth-order valence-electron chi connectivity index (χ4n) is 2.93. The highest BCUT2D eigenvalue weighted by molar-refractivity contribution is 6.54. The summed E-state index contributed by atoms with van der Waals surface area (Å²) in [5.74, 6) is 0. The van der Waals surface area contributed by atoms with Gasteiger partial charge in [0.05, 0.1) is 11.2 Å². The lowest BCUT2D eigenvalue weighted by Crippen LogP contribution is -2.49. The number of hydrogen-bond acceptors (Lipinski definition) is 4. The van der Waals surface area contributed by atoms with Crippen molar-refractivity contribution in [2.45, 2.75) is 38.9 Å². The molecule has 0 spiro atoms. The van der Waals surface area contributed by atoms with Crippen LogP contribution in [0.15, 0.2) is 47.1 Å². The number of benzene rings is 2. The van der Waals surface area contributed by atoms with E-state index < -0.39 is 11.2 Å². The fraction of sp³-hybridized carbons (Fsp3) is 0.286. The Kier molecular flexibility index (Phi) is 4.22. The second-order valence-electron chi connectivity index (χ2n) is 7.85. The van der Waals surface area contributed by atoms with Gasteiger partial charge in [0.2, 0.25) is 0 Å². The quantitative estimate of drug-likeness (QED) is 0.526. The van der Waals surface area contributed by atoms with E-state index in [-0.39, 0.29) is 0 Å². The summed E-state index contributed by atoms with van der Waals surface area (Å²) in [4.78, 5) is 4.20. The van der Waals surface area contributed by atoms with E-state index >= 15 is 0 Å². The zero-order valence-corrected chi connectivity index (χ0v) is 16.5. The fourth-order valence-corrected chi connectivity index (χ4v) is 3.15. The maximum absolute atomic E-state index is 10.3. The van der Waals surface area contributed by atoms with Gasteiger partial charge in [-0.05, 0) is 62.8 Å². The van der Waals surface area contributed by atoms with Crippen molar-refractivity contribution in [2.75, 3.05) is 0 Å². The average molecular weight is 381 g/mol. The largest absolute Gasteiger partial charge is 0.456 e. The van der Waals surface area contributed by atoms with Gasteiger partial charge in [-0.1, -0.05) is 11.6 Å². The molecule has 0 aliphatic rings. The summed E-state index contributed by atoms with van der Waals surface area (Å²) in [6.45, 7) is 7.14. The third-order valence-corrected chi connectivity index (χ3v) is 5.50. The number of nitrogens with zero attached hydrogens (tertiary/aromatic N) is 1. The van der Waals surface area contributed by atoms with Gasteiger partial charge in [-0.25, -0.2) is 0 Å². The summed E-state index contributed by atoms with van der Waals surface area (Å²) < 4.78 is 12.0. The van der Waals surface area contributed by atoms with Gasteiger partial charge in [-0.2, -0.15) is 0 Å². The summed E-state index contributed by atoms with van der Waals surface area (Å²) in [6, 6.07) is 9.67. The van der Waals surface area contributed by atoms with Crippen LogP contribution in [0.1, 0.15) is 27.7 Å². The van der Waals surface area contributed by atoms with Crippen LogP contribution in [0.4, 0.5) is 0 Å². The highest BCUT2D eigenvalue weighted by Crippen LogP contribution is 2.33. The molecular formula is C21H20BClNO3. The smallest absolute Gasteiger partial charge is 0.331 e. The van der Waals surface area contributed by atoms with E-state index in [0.717, 1.165) is 32.6 Å². The van der Waals surface area contributed by atoms with Crippen LogP contribution in [-0.4, -0.2) is 28.8 Å². The normalized spacial score (nSPS) is 13.0. The number of pyridine rings is 1. The van der Waals surface area contributed by atoms with E-state index in [2.05, 4.69) is 11.1 Å². The van der Waals surface area contributed by atoms with Gasteiger partial charge in [-0.15, -0.1) is 0 Å². The molecule has 0 aliphatic heterocycles. The molecule has 4 aromatic rings. The van der Waals surface area contributed by atoms with Crippen molar-refractivity contribution >= 4 is 57.3 Å². The van der Waals surface area contributed by atoms with Crippen molar-refractivity contribution in [2.24, 2.45) is 0 Å². The number of aliphatic hydroxyl groups is 1. The Labute approximate surface area is 163 Å².